The second-order valence-electron chi connectivity index (χ2n) is 6.72. The zero-order chi connectivity index (χ0) is 20.4. The number of carbonyl (C=O) groups is 2. The Labute approximate surface area is 170 Å². The van der Waals surface area contributed by atoms with Crippen molar-refractivity contribution in [3.8, 4) is 11.1 Å². The average molecular weight is 407 g/mol. The molecule has 29 heavy (non-hydrogen) atoms. The summed E-state index contributed by atoms with van der Waals surface area (Å²) in [5.74, 6) is 0.0741. The molecule has 0 spiro atoms. The molecule has 1 aliphatic rings. The largest absolute Gasteiger partial charge is 0.362 e. The molecule has 3 heterocycles. The molecule has 0 radical (unpaired) electrons. The number of ketones is 2. The summed E-state index contributed by atoms with van der Waals surface area (Å²) in [5, 5.41) is 11.8. The highest BCUT2D eigenvalue weighted by Crippen LogP contribution is 2.40. The summed E-state index contributed by atoms with van der Waals surface area (Å²) in [5.41, 5.74) is 2.23. The minimum absolute atomic E-state index is 0.0520. The van der Waals surface area contributed by atoms with Gasteiger partial charge < -0.3 is 4.90 Å². The summed E-state index contributed by atoms with van der Waals surface area (Å²) in [7, 11) is 0. The molecule has 7 nitrogen and oxygen atoms in total. The topological polar surface area (TPSA) is 93.4 Å². The van der Waals surface area contributed by atoms with Gasteiger partial charge in [0.25, 0.3) is 5.69 Å². The van der Waals surface area contributed by atoms with E-state index in [1.54, 1.807) is 12.4 Å². The molecule has 0 saturated carbocycles. The maximum Gasteiger partial charge on any atom is 0.269 e. The standard InChI is InChI=1S/C21H17N3O4S/c25-17-7-11-23(12-8-17)21-18(14-5-9-22-10-6-14)13-19(29-21)20(26)15-1-3-16(4-2-15)24(27)28/h1-6,9-10,13H,7-8,11-12H2. The van der Waals surface area contributed by atoms with Gasteiger partial charge in [-0.15, -0.1) is 11.3 Å². The van der Waals surface area contributed by atoms with Crippen LogP contribution in [0.1, 0.15) is 28.1 Å². The first-order valence-electron chi connectivity index (χ1n) is 9.13. The second kappa shape index (κ2) is 7.92. The van der Waals surface area contributed by atoms with Crippen LogP contribution >= 0.6 is 11.3 Å². The molecule has 0 aliphatic carbocycles. The van der Waals surface area contributed by atoms with Crippen LogP contribution in [0.25, 0.3) is 11.1 Å². The Balaban J connectivity index is 1.71. The average Bonchev–Trinajstić information content (AvgIpc) is 3.20. The lowest BCUT2D eigenvalue weighted by Crippen LogP contribution is -2.33. The van der Waals surface area contributed by atoms with Crippen molar-refractivity contribution in [3.05, 3.63) is 75.4 Å². The van der Waals surface area contributed by atoms with Crippen molar-refractivity contribution in [1.29, 1.82) is 0 Å². The van der Waals surface area contributed by atoms with Gasteiger partial charge in [-0.3, -0.25) is 24.7 Å². The number of nitro groups is 1. The van der Waals surface area contributed by atoms with Crippen molar-refractivity contribution < 1.29 is 14.5 Å². The highest BCUT2D eigenvalue weighted by molar-refractivity contribution is 7.18. The minimum atomic E-state index is -0.489. The molecule has 2 aromatic heterocycles. The smallest absolute Gasteiger partial charge is 0.269 e. The third-order valence-corrected chi connectivity index (χ3v) is 6.07. The van der Waals surface area contributed by atoms with E-state index in [-0.39, 0.29) is 17.3 Å². The number of anilines is 1. The fourth-order valence-corrected chi connectivity index (χ4v) is 4.50. The molecule has 1 fully saturated rings. The predicted octanol–water partition coefficient (Wildman–Crippen LogP) is 4.12. The number of pyridine rings is 1. The lowest BCUT2D eigenvalue weighted by molar-refractivity contribution is -0.384. The zero-order valence-electron chi connectivity index (χ0n) is 15.4. The fraction of sp³-hybridized carbons (Fsp3) is 0.190. The van der Waals surface area contributed by atoms with Crippen LogP contribution in [-0.2, 0) is 4.79 Å². The monoisotopic (exact) mass is 407 g/mol. The first-order valence-corrected chi connectivity index (χ1v) is 9.94. The number of carbonyl (C=O) groups excluding carboxylic acids is 2. The van der Waals surface area contributed by atoms with Crippen LogP contribution in [0.5, 0.6) is 0 Å². The van der Waals surface area contributed by atoms with Crippen molar-refractivity contribution in [2.75, 3.05) is 18.0 Å². The van der Waals surface area contributed by atoms with Crippen molar-refractivity contribution in [3.63, 3.8) is 0 Å². The minimum Gasteiger partial charge on any atom is -0.362 e. The van der Waals surface area contributed by atoms with Gasteiger partial charge in [-0.1, -0.05) is 0 Å². The molecule has 0 atom stereocenters. The second-order valence-corrected chi connectivity index (χ2v) is 7.75. The van der Waals surface area contributed by atoms with Gasteiger partial charge in [-0.05, 0) is 35.9 Å². The van der Waals surface area contributed by atoms with E-state index >= 15 is 0 Å². The van der Waals surface area contributed by atoms with E-state index in [9.17, 15) is 19.7 Å². The number of piperidine rings is 1. The SMILES string of the molecule is O=C1CCN(c2sc(C(=O)c3ccc([N+](=O)[O-])cc3)cc2-c2ccncc2)CC1. The highest BCUT2D eigenvalue weighted by atomic mass is 32.1. The van der Waals surface area contributed by atoms with Crippen LogP contribution in [-0.4, -0.2) is 34.6 Å². The number of thiophene rings is 1. The molecule has 4 rings (SSSR count). The van der Waals surface area contributed by atoms with Crippen molar-refractivity contribution in [1.82, 2.24) is 4.98 Å². The maximum absolute atomic E-state index is 13.0. The Kier molecular flexibility index (Phi) is 5.18. The molecular formula is C21H17N3O4S. The van der Waals surface area contributed by atoms with Gasteiger partial charge in [0.2, 0.25) is 5.78 Å². The third kappa shape index (κ3) is 3.93. The molecule has 0 unspecified atom stereocenters. The summed E-state index contributed by atoms with van der Waals surface area (Å²) in [4.78, 5) is 41.8. The first kappa shape index (κ1) is 18.9. The number of Topliss-reactive ketones (excluding diaryl/α,β-unsaturated/α-hetero) is 1. The summed E-state index contributed by atoms with van der Waals surface area (Å²) in [6.07, 6.45) is 4.40. The van der Waals surface area contributed by atoms with E-state index in [1.165, 1.54) is 35.6 Å². The van der Waals surface area contributed by atoms with Gasteiger partial charge in [-0.25, -0.2) is 0 Å². The van der Waals surface area contributed by atoms with E-state index in [2.05, 4.69) is 9.88 Å². The Morgan fingerprint density at radius 1 is 1.07 bits per heavy atom. The van der Waals surface area contributed by atoms with Crippen molar-refractivity contribution >= 4 is 33.6 Å². The highest BCUT2D eigenvalue weighted by Gasteiger charge is 2.24. The van der Waals surface area contributed by atoms with Crippen LogP contribution in [0.15, 0.2) is 54.9 Å². The number of non-ortho nitro benzene ring substituents is 1. The van der Waals surface area contributed by atoms with Crippen LogP contribution in [0.3, 0.4) is 0 Å². The Morgan fingerprint density at radius 3 is 2.34 bits per heavy atom. The van der Waals surface area contributed by atoms with Crippen molar-refractivity contribution in [2.24, 2.45) is 0 Å². The molecule has 0 N–H and O–H groups in total. The van der Waals surface area contributed by atoms with E-state index < -0.39 is 4.92 Å². The molecule has 146 valence electrons. The van der Waals surface area contributed by atoms with Crippen LogP contribution in [0, 0.1) is 10.1 Å². The maximum atomic E-state index is 13.0. The van der Waals surface area contributed by atoms with E-state index in [0.717, 1.165) is 16.1 Å². The van der Waals surface area contributed by atoms with Gasteiger partial charge in [0.05, 0.1) is 14.8 Å². The lowest BCUT2D eigenvalue weighted by Gasteiger charge is -2.27. The molecule has 8 heteroatoms. The number of hydrogen-bond donors (Lipinski definition) is 0. The summed E-state index contributed by atoms with van der Waals surface area (Å²) in [6, 6.07) is 11.3. The lowest BCUT2D eigenvalue weighted by atomic mass is 10.0. The Hall–Kier alpha value is -3.39. The van der Waals surface area contributed by atoms with E-state index in [0.29, 0.717) is 36.4 Å². The normalized spacial score (nSPS) is 14.1. The summed E-state index contributed by atoms with van der Waals surface area (Å²) in [6.45, 7) is 1.26. The van der Waals surface area contributed by atoms with Crippen LogP contribution < -0.4 is 4.90 Å². The van der Waals surface area contributed by atoms with Gasteiger partial charge in [0, 0.05) is 61.6 Å². The molecule has 3 aromatic rings. The predicted molar refractivity (Wildman–Crippen MR) is 111 cm³/mol. The Morgan fingerprint density at radius 2 is 1.72 bits per heavy atom. The van der Waals surface area contributed by atoms with Gasteiger partial charge in [0.1, 0.15) is 5.78 Å². The number of benzene rings is 1. The molecular weight excluding hydrogens is 390 g/mol. The first-order chi connectivity index (χ1) is 14.0. The molecule has 0 bridgehead atoms. The summed E-state index contributed by atoms with van der Waals surface area (Å²) < 4.78 is 0. The Bertz CT molecular complexity index is 1070. The number of nitro benzene ring substituents is 1. The molecule has 0 amide bonds. The van der Waals surface area contributed by atoms with E-state index in [4.69, 9.17) is 0 Å². The zero-order valence-corrected chi connectivity index (χ0v) is 16.2. The third-order valence-electron chi connectivity index (χ3n) is 4.88. The molecule has 1 saturated heterocycles. The quantitative estimate of drug-likeness (QED) is 0.359. The van der Waals surface area contributed by atoms with Crippen LogP contribution in [0.2, 0.25) is 0 Å². The number of aromatic nitrogens is 1. The van der Waals surface area contributed by atoms with E-state index in [1.807, 2.05) is 18.2 Å². The number of nitrogens with zero attached hydrogens (tertiary/aromatic N) is 3. The number of rotatable bonds is 5. The van der Waals surface area contributed by atoms with Gasteiger partial charge in [-0.2, -0.15) is 0 Å². The molecule has 1 aliphatic heterocycles. The van der Waals surface area contributed by atoms with Crippen LogP contribution in [0.4, 0.5) is 10.7 Å². The van der Waals surface area contributed by atoms with Gasteiger partial charge >= 0.3 is 0 Å². The molecule has 1 aromatic carbocycles. The number of hydrogen-bond acceptors (Lipinski definition) is 7. The van der Waals surface area contributed by atoms with Crippen molar-refractivity contribution in [2.45, 2.75) is 12.8 Å². The van der Waals surface area contributed by atoms with Gasteiger partial charge in [0.15, 0.2) is 0 Å². The summed E-state index contributed by atoms with van der Waals surface area (Å²) >= 11 is 1.39. The fourth-order valence-electron chi connectivity index (χ4n) is 3.30.